The van der Waals surface area contributed by atoms with E-state index in [1.165, 1.54) is 12.0 Å². The highest BCUT2D eigenvalue weighted by Crippen LogP contribution is 2.29. The zero-order chi connectivity index (χ0) is 14.7. The fourth-order valence-corrected chi connectivity index (χ4v) is 3.15. The molecule has 1 aliphatic heterocycles. The summed E-state index contributed by atoms with van der Waals surface area (Å²) in [4.78, 5) is 10.5. The van der Waals surface area contributed by atoms with Crippen molar-refractivity contribution in [3.63, 3.8) is 0 Å². The molecule has 1 aromatic carbocycles. The minimum Gasteiger partial charge on any atom is -0.368 e. The van der Waals surface area contributed by atoms with Gasteiger partial charge in [-0.3, -0.25) is 0 Å². The van der Waals surface area contributed by atoms with Crippen LogP contribution in [0.4, 0.5) is 11.8 Å². The van der Waals surface area contributed by atoms with Gasteiger partial charge in [0.15, 0.2) is 0 Å². The number of aromatic nitrogens is 2. The fraction of sp³-hybridized carbons (Fsp3) is 0.375. The molecule has 0 radical (unpaired) electrons. The van der Waals surface area contributed by atoms with E-state index in [-0.39, 0.29) is 5.95 Å². The number of nitrogens with two attached hydrogens (primary N) is 1. The Bertz CT molecular complexity index is 582. The van der Waals surface area contributed by atoms with Crippen molar-refractivity contribution in [2.75, 3.05) is 23.7 Å². The van der Waals surface area contributed by atoms with Crippen LogP contribution in [0.25, 0.3) is 0 Å². The number of anilines is 2. The van der Waals surface area contributed by atoms with Gasteiger partial charge in [-0.05, 0) is 30.7 Å². The fourth-order valence-electron chi connectivity index (χ4n) is 2.97. The second kappa shape index (κ2) is 6.31. The molecule has 2 aromatic rings. The number of nitrogen functional groups attached to an aromatic ring is 1. The van der Waals surface area contributed by atoms with Gasteiger partial charge >= 0.3 is 0 Å². The summed E-state index contributed by atoms with van der Waals surface area (Å²) in [6, 6.07) is 12.5. The van der Waals surface area contributed by atoms with Gasteiger partial charge in [0, 0.05) is 19.2 Å². The standard InChI is InChI=1S/C16H19ClN4/c17-14-11-15(20-16(18)19-14)21-9-4-7-13(8-10-21)12-5-2-1-3-6-12/h1-3,5-6,11,13H,4,7-10H2,(H2,18,19,20). The molecule has 4 nitrogen and oxygen atoms in total. The van der Waals surface area contributed by atoms with E-state index in [0.717, 1.165) is 31.7 Å². The van der Waals surface area contributed by atoms with Crippen molar-refractivity contribution in [2.24, 2.45) is 0 Å². The highest BCUT2D eigenvalue weighted by molar-refractivity contribution is 6.29. The molecule has 0 bridgehead atoms. The van der Waals surface area contributed by atoms with Gasteiger partial charge in [0.05, 0.1) is 0 Å². The van der Waals surface area contributed by atoms with Gasteiger partial charge in [-0.15, -0.1) is 0 Å². The molecule has 21 heavy (non-hydrogen) atoms. The Hall–Kier alpha value is -1.81. The van der Waals surface area contributed by atoms with Crippen molar-refractivity contribution >= 4 is 23.4 Å². The minimum absolute atomic E-state index is 0.237. The molecule has 3 rings (SSSR count). The largest absolute Gasteiger partial charge is 0.368 e. The summed E-state index contributed by atoms with van der Waals surface area (Å²) in [5, 5.41) is 0.404. The Morgan fingerprint density at radius 2 is 1.90 bits per heavy atom. The van der Waals surface area contributed by atoms with Crippen molar-refractivity contribution < 1.29 is 0 Å². The average Bonchev–Trinajstić information content (AvgIpc) is 2.73. The quantitative estimate of drug-likeness (QED) is 0.863. The maximum absolute atomic E-state index is 5.98. The lowest BCUT2D eigenvalue weighted by Gasteiger charge is -2.22. The summed E-state index contributed by atoms with van der Waals surface area (Å²) in [6.07, 6.45) is 3.46. The molecular formula is C16H19ClN4. The minimum atomic E-state index is 0.237. The van der Waals surface area contributed by atoms with E-state index in [1.807, 2.05) is 0 Å². The summed E-state index contributed by atoms with van der Waals surface area (Å²) in [5.74, 6) is 1.69. The summed E-state index contributed by atoms with van der Waals surface area (Å²) < 4.78 is 0. The van der Waals surface area contributed by atoms with Gasteiger partial charge in [0.2, 0.25) is 5.95 Å². The van der Waals surface area contributed by atoms with Crippen molar-refractivity contribution in [1.29, 1.82) is 0 Å². The molecule has 1 aliphatic rings. The van der Waals surface area contributed by atoms with Crippen LogP contribution in [-0.4, -0.2) is 23.1 Å². The van der Waals surface area contributed by atoms with Crippen LogP contribution >= 0.6 is 11.6 Å². The molecule has 5 heteroatoms. The predicted octanol–water partition coefficient (Wildman–Crippen LogP) is 3.49. The summed E-state index contributed by atoms with van der Waals surface area (Å²) in [5.41, 5.74) is 7.12. The van der Waals surface area contributed by atoms with Crippen LogP contribution in [0.1, 0.15) is 30.7 Å². The molecule has 1 unspecified atom stereocenters. The highest BCUT2D eigenvalue weighted by atomic mass is 35.5. The van der Waals surface area contributed by atoms with Crippen molar-refractivity contribution in [3.8, 4) is 0 Å². The number of hydrogen-bond donors (Lipinski definition) is 1. The first-order valence-corrected chi connectivity index (χ1v) is 7.70. The molecule has 2 N–H and O–H groups in total. The highest BCUT2D eigenvalue weighted by Gasteiger charge is 2.19. The molecule has 1 saturated heterocycles. The van der Waals surface area contributed by atoms with E-state index in [9.17, 15) is 0 Å². The molecule has 0 amide bonds. The van der Waals surface area contributed by atoms with Gasteiger partial charge in [-0.2, -0.15) is 4.98 Å². The number of nitrogens with zero attached hydrogens (tertiary/aromatic N) is 3. The van der Waals surface area contributed by atoms with E-state index < -0.39 is 0 Å². The van der Waals surface area contributed by atoms with Crippen LogP contribution in [-0.2, 0) is 0 Å². The summed E-state index contributed by atoms with van der Waals surface area (Å²) >= 11 is 5.98. The number of hydrogen-bond acceptors (Lipinski definition) is 4. The van der Waals surface area contributed by atoms with Gasteiger partial charge < -0.3 is 10.6 Å². The van der Waals surface area contributed by atoms with E-state index in [2.05, 4.69) is 45.2 Å². The predicted molar refractivity (Wildman–Crippen MR) is 86.7 cm³/mol. The molecule has 0 aliphatic carbocycles. The van der Waals surface area contributed by atoms with E-state index in [4.69, 9.17) is 17.3 Å². The third kappa shape index (κ3) is 3.45. The topological polar surface area (TPSA) is 55.0 Å². The zero-order valence-electron chi connectivity index (χ0n) is 11.9. The van der Waals surface area contributed by atoms with Gasteiger partial charge in [-0.25, -0.2) is 4.98 Å². The SMILES string of the molecule is Nc1nc(Cl)cc(N2CCCC(c3ccccc3)CC2)n1. The molecule has 0 spiro atoms. The Morgan fingerprint density at radius 1 is 1.10 bits per heavy atom. The van der Waals surface area contributed by atoms with Crippen LogP contribution in [0.2, 0.25) is 5.15 Å². The second-order valence-electron chi connectivity index (χ2n) is 5.43. The monoisotopic (exact) mass is 302 g/mol. The summed E-state index contributed by atoms with van der Waals surface area (Å²) in [7, 11) is 0. The normalized spacial score (nSPS) is 19.3. The Labute approximate surface area is 130 Å². The van der Waals surface area contributed by atoms with E-state index in [0.29, 0.717) is 11.1 Å². The van der Waals surface area contributed by atoms with Crippen LogP contribution in [0.15, 0.2) is 36.4 Å². The van der Waals surface area contributed by atoms with Gasteiger partial charge in [0.1, 0.15) is 11.0 Å². The maximum Gasteiger partial charge on any atom is 0.223 e. The average molecular weight is 303 g/mol. The van der Waals surface area contributed by atoms with Crippen molar-refractivity contribution in [2.45, 2.75) is 25.2 Å². The van der Waals surface area contributed by atoms with Crippen LogP contribution in [0, 0.1) is 0 Å². The first-order valence-electron chi connectivity index (χ1n) is 7.32. The Morgan fingerprint density at radius 3 is 2.67 bits per heavy atom. The van der Waals surface area contributed by atoms with Crippen LogP contribution < -0.4 is 10.6 Å². The van der Waals surface area contributed by atoms with Crippen molar-refractivity contribution in [1.82, 2.24) is 9.97 Å². The lowest BCUT2D eigenvalue weighted by molar-refractivity contribution is 0.612. The maximum atomic E-state index is 5.98. The summed E-state index contributed by atoms with van der Waals surface area (Å²) in [6.45, 7) is 1.95. The van der Waals surface area contributed by atoms with E-state index in [1.54, 1.807) is 6.07 Å². The zero-order valence-corrected chi connectivity index (χ0v) is 12.6. The molecule has 1 atom stereocenters. The van der Waals surface area contributed by atoms with Crippen LogP contribution in [0.5, 0.6) is 0 Å². The first-order chi connectivity index (χ1) is 10.2. The molecule has 1 fully saturated rings. The van der Waals surface area contributed by atoms with E-state index >= 15 is 0 Å². The van der Waals surface area contributed by atoms with Crippen molar-refractivity contribution in [3.05, 3.63) is 47.1 Å². The Kier molecular flexibility index (Phi) is 4.25. The number of benzene rings is 1. The molecule has 0 saturated carbocycles. The second-order valence-corrected chi connectivity index (χ2v) is 5.82. The molecule has 110 valence electrons. The lowest BCUT2D eigenvalue weighted by atomic mass is 9.92. The smallest absolute Gasteiger partial charge is 0.223 e. The first kappa shape index (κ1) is 14.1. The third-order valence-corrected chi connectivity index (χ3v) is 4.22. The Balaban J connectivity index is 1.73. The van der Waals surface area contributed by atoms with Gasteiger partial charge in [-0.1, -0.05) is 41.9 Å². The molecule has 2 heterocycles. The molecule has 1 aromatic heterocycles. The van der Waals surface area contributed by atoms with Gasteiger partial charge in [0.25, 0.3) is 0 Å². The molecular weight excluding hydrogens is 284 g/mol. The number of halogens is 1. The lowest BCUT2D eigenvalue weighted by Crippen LogP contribution is -2.25. The third-order valence-electron chi connectivity index (χ3n) is 4.02. The number of rotatable bonds is 2. The van der Waals surface area contributed by atoms with Crippen LogP contribution in [0.3, 0.4) is 0 Å².